The summed E-state index contributed by atoms with van der Waals surface area (Å²) in [6.07, 6.45) is 0. The SMILES string of the molecule is COc1ccc([C@H]2CNCCN2)cc1[N+](=O)[O-]. The number of nitrogens with one attached hydrogen (secondary N) is 2. The summed E-state index contributed by atoms with van der Waals surface area (Å²) in [4.78, 5) is 10.5. The molecule has 0 spiro atoms. The van der Waals surface area contributed by atoms with E-state index in [0.717, 1.165) is 25.2 Å². The van der Waals surface area contributed by atoms with Gasteiger partial charge in [-0.1, -0.05) is 6.07 Å². The fraction of sp³-hybridized carbons (Fsp3) is 0.455. The normalized spacial score (nSPS) is 19.9. The van der Waals surface area contributed by atoms with E-state index in [1.807, 2.05) is 6.07 Å². The average Bonchev–Trinajstić information content (AvgIpc) is 2.39. The Bertz CT molecular complexity index is 416. The van der Waals surface area contributed by atoms with E-state index in [4.69, 9.17) is 4.74 Å². The number of nitro groups is 1. The molecule has 92 valence electrons. The lowest BCUT2D eigenvalue weighted by molar-refractivity contribution is -0.385. The van der Waals surface area contributed by atoms with Gasteiger partial charge in [0.1, 0.15) is 0 Å². The monoisotopic (exact) mass is 237 g/mol. The molecule has 0 unspecified atom stereocenters. The van der Waals surface area contributed by atoms with Gasteiger partial charge in [-0.15, -0.1) is 0 Å². The Kier molecular flexibility index (Phi) is 3.55. The van der Waals surface area contributed by atoms with E-state index in [1.54, 1.807) is 12.1 Å². The van der Waals surface area contributed by atoms with E-state index >= 15 is 0 Å². The zero-order valence-electron chi connectivity index (χ0n) is 9.60. The van der Waals surface area contributed by atoms with Crippen molar-refractivity contribution < 1.29 is 9.66 Å². The molecule has 0 aromatic heterocycles. The first-order chi connectivity index (χ1) is 8.22. The third-order valence-corrected chi connectivity index (χ3v) is 2.84. The number of nitrogens with zero attached hydrogens (tertiary/aromatic N) is 1. The maximum Gasteiger partial charge on any atom is 0.311 e. The highest BCUT2D eigenvalue weighted by Crippen LogP contribution is 2.29. The average molecular weight is 237 g/mol. The number of hydrogen-bond donors (Lipinski definition) is 2. The largest absolute Gasteiger partial charge is 0.490 e. The molecule has 1 atom stereocenters. The van der Waals surface area contributed by atoms with E-state index in [1.165, 1.54) is 7.11 Å². The first kappa shape index (κ1) is 11.8. The summed E-state index contributed by atoms with van der Waals surface area (Å²) in [6, 6.07) is 5.19. The molecule has 0 aliphatic carbocycles. The second-order valence-electron chi connectivity index (χ2n) is 3.90. The van der Waals surface area contributed by atoms with Crippen LogP contribution in [0.5, 0.6) is 5.75 Å². The van der Waals surface area contributed by atoms with Gasteiger partial charge in [0, 0.05) is 31.7 Å². The van der Waals surface area contributed by atoms with Crippen molar-refractivity contribution in [1.82, 2.24) is 10.6 Å². The molecule has 1 fully saturated rings. The zero-order valence-corrected chi connectivity index (χ0v) is 9.60. The van der Waals surface area contributed by atoms with E-state index in [0.29, 0.717) is 5.75 Å². The fourth-order valence-corrected chi connectivity index (χ4v) is 1.96. The molecular weight excluding hydrogens is 222 g/mol. The summed E-state index contributed by atoms with van der Waals surface area (Å²) >= 11 is 0. The lowest BCUT2D eigenvalue weighted by atomic mass is 10.0. The summed E-state index contributed by atoms with van der Waals surface area (Å²) in [5.74, 6) is 0.294. The van der Waals surface area contributed by atoms with Crippen LogP contribution in [0.3, 0.4) is 0 Å². The van der Waals surface area contributed by atoms with Gasteiger partial charge in [-0.05, 0) is 11.6 Å². The molecular formula is C11H15N3O3. The van der Waals surface area contributed by atoms with Crippen LogP contribution in [0.15, 0.2) is 18.2 Å². The Hall–Kier alpha value is -1.66. The number of nitro benzene ring substituents is 1. The third-order valence-electron chi connectivity index (χ3n) is 2.84. The van der Waals surface area contributed by atoms with Gasteiger partial charge in [0.2, 0.25) is 0 Å². The van der Waals surface area contributed by atoms with Crippen LogP contribution in [-0.2, 0) is 0 Å². The van der Waals surface area contributed by atoms with Crippen molar-refractivity contribution in [1.29, 1.82) is 0 Å². The van der Waals surface area contributed by atoms with Crippen molar-refractivity contribution in [3.63, 3.8) is 0 Å². The van der Waals surface area contributed by atoms with Gasteiger partial charge in [0.05, 0.1) is 12.0 Å². The summed E-state index contributed by atoms with van der Waals surface area (Å²) in [7, 11) is 1.43. The quantitative estimate of drug-likeness (QED) is 0.601. The lowest BCUT2D eigenvalue weighted by Gasteiger charge is -2.24. The molecule has 1 saturated heterocycles. The number of ether oxygens (including phenoxy) is 1. The standard InChI is InChI=1S/C11H15N3O3/c1-17-11-3-2-8(6-10(11)14(15)16)9-7-12-4-5-13-9/h2-3,6,9,12-13H,4-5,7H2,1H3/t9-/m1/s1. The third kappa shape index (κ3) is 2.54. The summed E-state index contributed by atoms with van der Waals surface area (Å²) in [5.41, 5.74) is 0.919. The second-order valence-corrected chi connectivity index (χ2v) is 3.90. The van der Waals surface area contributed by atoms with Crippen LogP contribution in [0, 0.1) is 10.1 Å². The Morgan fingerprint density at radius 2 is 2.29 bits per heavy atom. The first-order valence-electron chi connectivity index (χ1n) is 5.49. The van der Waals surface area contributed by atoms with Gasteiger partial charge in [-0.2, -0.15) is 0 Å². The highest BCUT2D eigenvalue weighted by molar-refractivity contribution is 5.49. The van der Waals surface area contributed by atoms with Gasteiger partial charge in [0.15, 0.2) is 5.75 Å². The molecule has 6 heteroatoms. The smallest absolute Gasteiger partial charge is 0.311 e. The summed E-state index contributed by atoms with van der Waals surface area (Å²) in [5, 5.41) is 17.5. The maximum atomic E-state index is 10.9. The number of benzene rings is 1. The summed E-state index contributed by atoms with van der Waals surface area (Å²) in [6.45, 7) is 2.57. The molecule has 2 N–H and O–H groups in total. The van der Waals surface area contributed by atoms with Crippen LogP contribution in [0.25, 0.3) is 0 Å². The van der Waals surface area contributed by atoms with Crippen LogP contribution in [0.2, 0.25) is 0 Å². The maximum absolute atomic E-state index is 10.9. The van der Waals surface area contributed by atoms with E-state index in [-0.39, 0.29) is 11.7 Å². The lowest BCUT2D eigenvalue weighted by Crippen LogP contribution is -2.42. The van der Waals surface area contributed by atoms with Crippen molar-refractivity contribution in [3.8, 4) is 5.75 Å². The van der Waals surface area contributed by atoms with Gasteiger partial charge < -0.3 is 15.4 Å². The van der Waals surface area contributed by atoms with Crippen molar-refractivity contribution >= 4 is 5.69 Å². The molecule has 1 aliphatic rings. The number of hydrogen-bond acceptors (Lipinski definition) is 5. The van der Waals surface area contributed by atoms with Gasteiger partial charge in [0.25, 0.3) is 0 Å². The topological polar surface area (TPSA) is 76.4 Å². The molecule has 0 amide bonds. The first-order valence-corrected chi connectivity index (χ1v) is 5.49. The second kappa shape index (κ2) is 5.11. The van der Waals surface area contributed by atoms with Crippen LogP contribution in [-0.4, -0.2) is 31.7 Å². The zero-order chi connectivity index (χ0) is 12.3. The Labute approximate surface area is 99.1 Å². The predicted octanol–water partition coefficient (Wildman–Crippen LogP) is 0.837. The van der Waals surface area contributed by atoms with Crippen molar-refractivity contribution in [3.05, 3.63) is 33.9 Å². The van der Waals surface area contributed by atoms with Crippen molar-refractivity contribution in [2.24, 2.45) is 0 Å². The van der Waals surface area contributed by atoms with E-state index < -0.39 is 4.92 Å². The molecule has 0 radical (unpaired) electrons. The Morgan fingerprint density at radius 1 is 1.47 bits per heavy atom. The molecule has 0 bridgehead atoms. The van der Waals surface area contributed by atoms with Gasteiger partial charge in [-0.25, -0.2) is 0 Å². The molecule has 2 rings (SSSR count). The van der Waals surface area contributed by atoms with Gasteiger partial charge >= 0.3 is 5.69 Å². The van der Waals surface area contributed by atoms with Crippen LogP contribution < -0.4 is 15.4 Å². The molecule has 1 aromatic carbocycles. The fourth-order valence-electron chi connectivity index (χ4n) is 1.96. The van der Waals surface area contributed by atoms with Crippen LogP contribution >= 0.6 is 0 Å². The predicted molar refractivity (Wildman–Crippen MR) is 63.3 cm³/mol. The number of piperazine rings is 1. The minimum atomic E-state index is -0.418. The van der Waals surface area contributed by atoms with Crippen molar-refractivity contribution in [2.45, 2.75) is 6.04 Å². The van der Waals surface area contributed by atoms with E-state index in [2.05, 4.69) is 10.6 Å². The molecule has 17 heavy (non-hydrogen) atoms. The number of methoxy groups -OCH3 is 1. The van der Waals surface area contributed by atoms with E-state index in [9.17, 15) is 10.1 Å². The summed E-state index contributed by atoms with van der Waals surface area (Å²) < 4.78 is 4.97. The Balaban J connectivity index is 2.29. The minimum absolute atomic E-state index is 0.0115. The van der Waals surface area contributed by atoms with Crippen LogP contribution in [0.1, 0.15) is 11.6 Å². The molecule has 1 aromatic rings. The molecule has 0 saturated carbocycles. The van der Waals surface area contributed by atoms with Crippen molar-refractivity contribution in [2.75, 3.05) is 26.7 Å². The van der Waals surface area contributed by atoms with Crippen LogP contribution in [0.4, 0.5) is 5.69 Å². The Morgan fingerprint density at radius 3 is 2.88 bits per heavy atom. The van der Waals surface area contributed by atoms with Gasteiger partial charge in [-0.3, -0.25) is 10.1 Å². The molecule has 6 nitrogen and oxygen atoms in total. The molecule has 1 aliphatic heterocycles. The molecule has 1 heterocycles. The number of rotatable bonds is 3. The highest BCUT2D eigenvalue weighted by atomic mass is 16.6. The highest BCUT2D eigenvalue weighted by Gasteiger charge is 2.20. The minimum Gasteiger partial charge on any atom is -0.490 e.